The summed E-state index contributed by atoms with van der Waals surface area (Å²) >= 11 is 0. The van der Waals surface area contributed by atoms with Gasteiger partial charge in [-0.1, -0.05) is 0 Å². The number of esters is 1. The van der Waals surface area contributed by atoms with E-state index in [4.69, 9.17) is 10.5 Å². The van der Waals surface area contributed by atoms with Gasteiger partial charge in [0, 0.05) is 19.9 Å². The van der Waals surface area contributed by atoms with Gasteiger partial charge in [0.1, 0.15) is 11.9 Å². The molecule has 3 N–H and O–H groups in total. The second kappa shape index (κ2) is 9.17. The zero-order valence-electron chi connectivity index (χ0n) is 11.0. The van der Waals surface area contributed by atoms with Gasteiger partial charge in [-0.05, 0) is 13.3 Å². The first-order chi connectivity index (χ1) is 8.76. The summed E-state index contributed by atoms with van der Waals surface area (Å²) in [5, 5.41) is 0. The van der Waals surface area contributed by atoms with E-state index in [0.29, 0.717) is 0 Å². The quantitative estimate of drug-likeness (QED) is 0.438. The van der Waals surface area contributed by atoms with Crippen LogP contribution in [-0.2, 0) is 27.9 Å². The zero-order valence-corrected chi connectivity index (χ0v) is 11.9. The van der Waals surface area contributed by atoms with Gasteiger partial charge in [-0.15, -0.1) is 0 Å². The Labute approximate surface area is 111 Å². The highest BCUT2D eigenvalue weighted by molar-refractivity contribution is 7.47. The van der Waals surface area contributed by atoms with Crippen LogP contribution in [0.1, 0.15) is 26.7 Å². The van der Waals surface area contributed by atoms with Crippen LogP contribution in [0, 0.1) is 0 Å². The van der Waals surface area contributed by atoms with Crippen molar-refractivity contribution < 1.29 is 32.8 Å². The Morgan fingerprint density at radius 3 is 2.42 bits per heavy atom. The van der Waals surface area contributed by atoms with Crippen molar-refractivity contribution in [1.29, 1.82) is 0 Å². The van der Waals surface area contributed by atoms with Crippen LogP contribution in [-0.4, -0.2) is 42.5 Å². The van der Waals surface area contributed by atoms with E-state index in [-0.39, 0.29) is 38.4 Å². The van der Waals surface area contributed by atoms with E-state index in [9.17, 15) is 19.0 Å². The van der Waals surface area contributed by atoms with Crippen molar-refractivity contribution >= 4 is 19.6 Å². The molecule has 2 atom stereocenters. The molecule has 0 aromatic heterocycles. The molecule has 0 aliphatic carbocycles. The predicted octanol–water partition coefficient (Wildman–Crippen LogP) is 0.380. The average molecular weight is 297 g/mol. The first-order valence-electron chi connectivity index (χ1n) is 5.75. The molecule has 9 heteroatoms. The van der Waals surface area contributed by atoms with Crippen LogP contribution >= 0.6 is 7.82 Å². The molecule has 112 valence electrons. The topological polar surface area (TPSA) is 125 Å². The molecule has 0 aliphatic heterocycles. The molecule has 0 spiro atoms. The van der Waals surface area contributed by atoms with E-state index < -0.39 is 19.9 Å². The minimum Gasteiger partial charge on any atom is -0.460 e. The smallest absolute Gasteiger partial charge is 0.460 e. The van der Waals surface area contributed by atoms with Crippen molar-refractivity contribution in [1.82, 2.24) is 0 Å². The molecule has 1 unspecified atom stereocenters. The van der Waals surface area contributed by atoms with Crippen LogP contribution < -0.4 is 5.73 Å². The van der Waals surface area contributed by atoms with Crippen molar-refractivity contribution in [2.45, 2.75) is 32.8 Å². The Balaban J connectivity index is 4.26. The van der Waals surface area contributed by atoms with Crippen molar-refractivity contribution in [2.24, 2.45) is 5.73 Å². The Hall–Kier alpha value is -0.790. The fourth-order valence-corrected chi connectivity index (χ4v) is 1.92. The van der Waals surface area contributed by atoms with Gasteiger partial charge in [-0.25, -0.2) is 4.57 Å². The summed E-state index contributed by atoms with van der Waals surface area (Å²) in [7, 11) is -4.21. The number of carbonyl (C=O) groups is 2. The van der Waals surface area contributed by atoms with Gasteiger partial charge < -0.3 is 20.2 Å². The lowest BCUT2D eigenvalue weighted by atomic mass is 10.1. The molecule has 0 radical (unpaired) electrons. The van der Waals surface area contributed by atoms with Gasteiger partial charge in [-0.3, -0.25) is 13.8 Å². The highest BCUT2D eigenvalue weighted by Gasteiger charge is 2.24. The average Bonchev–Trinajstić information content (AvgIpc) is 2.29. The molecular weight excluding hydrogens is 277 g/mol. The van der Waals surface area contributed by atoms with Crippen LogP contribution in [0.25, 0.3) is 0 Å². The third-order valence-corrected chi connectivity index (χ3v) is 2.93. The fraction of sp³-hybridized carbons (Fsp3) is 0.800. The van der Waals surface area contributed by atoms with Gasteiger partial charge in [0.15, 0.2) is 0 Å². The number of carbonyl (C=O) groups excluding carboxylic acids is 2. The Morgan fingerprint density at radius 1 is 1.32 bits per heavy atom. The van der Waals surface area contributed by atoms with E-state index >= 15 is 0 Å². The maximum Gasteiger partial charge on any atom is 0.472 e. The molecule has 0 amide bonds. The van der Waals surface area contributed by atoms with Gasteiger partial charge >= 0.3 is 13.8 Å². The molecule has 0 saturated carbocycles. The number of phosphoric ester groups is 1. The first-order valence-corrected chi connectivity index (χ1v) is 7.25. The third-order valence-electron chi connectivity index (χ3n) is 1.95. The van der Waals surface area contributed by atoms with Crippen LogP contribution in [0.15, 0.2) is 0 Å². The lowest BCUT2D eigenvalue weighted by molar-refractivity contribution is -0.149. The molecule has 0 heterocycles. The SMILES string of the molecule is CC(=O)CC[C@@H](COP(=O)(O)OCCN)OC(C)=O. The van der Waals surface area contributed by atoms with E-state index in [1.165, 1.54) is 13.8 Å². The normalized spacial score (nSPS) is 15.6. The number of nitrogens with two attached hydrogens (primary N) is 1. The number of hydrogen-bond donors (Lipinski definition) is 2. The summed E-state index contributed by atoms with van der Waals surface area (Å²) in [6.07, 6.45) is -0.379. The van der Waals surface area contributed by atoms with Crippen molar-refractivity contribution in [3.63, 3.8) is 0 Å². The third kappa shape index (κ3) is 10.8. The monoisotopic (exact) mass is 297 g/mol. The summed E-state index contributed by atoms with van der Waals surface area (Å²) in [5.74, 6) is -0.642. The number of phosphoric acid groups is 1. The molecular formula is C10H20NO7P. The molecule has 19 heavy (non-hydrogen) atoms. The number of rotatable bonds is 10. The van der Waals surface area contributed by atoms with Crippen molar-refractivity contribution in [2.75, 3.05) is 19.8 Å². The lowest BCUT2D eigenvalue weighted by Crippen LogP contribution is -2.23. The zero-order chi connectivity index (χ0) is 14.9. The molecule has 0 saturated heterocycles. The number of hydrogen-bond acceptors (Lipinski definition) is 7. The molecule has 0 aromatic rings. The highest BCUT2D eigenvalue weighted by Crippen LogP contribution is 2.43. The van der Waals surface area contributed by atoms with Crippen LogP contribution in [0.4, 0.5) is 0 Å². The van der Waals surface area contributed by atoms with E-state index in [1.54, 1.807) is 0 Å². The second-order valence-corrected chi connectivity index (χ2v) is 5.31. The summed E-state index contributed by atoms with van der Waals surface area (Å²) in [4.78, 5) is 31.0. The highest BCUT2D eigenvalue weighted by atomic mass is 31.2. The fourth-order valence-electron chi connectivity index (χ4n) is 1.16. The van der Waals surface area contributed by atoms with Gasteiger partial charge in [-0.2, -0.15) is 0 Å². The summed E-state index contributed by atoms with van der Waals surface area (Å²) in [6, 6.07) is 0. The van der Waals surface area contributed by atoms with Crippen molar-refractivity contribution in [3.8, 4) is 0 Å². The standard InChI is InChI=1S/C10H20NO7P/c1-8(12)3-4-10(18-9(2)13)7-17-19(14,15)16-6-5-11/h10H,3-7,11H2,1-2H3,(H,14,15)/t10-/m0/s1. The van der Waals surface area contributed by atoms with Crippen LogP contribution in [0.2, 0.25) is 0 Å². The molecule has 8 nitrogen and oxygen atoms in total. The Bertz CT molecular complexity index is 347. The lowest BCUT2D eigenvalue weighted by Gasteiger charge is -2.18. The van der Waals surface area contributed by atoms with E-state index in [0.717, 1.165) is 0 Å². The minimum absolute atomic E-state index is 0.0750. The van der Waals surface area contributed by atoms with Crippen LogP contribution in [0.5, 0.6) is 0 Å². The maximum absolute atomic E-state index is 11.3. The second-order valence-electron chi connectivity index (χ2n) is 3.86. The molecule has 0 fully saturated rings. The first kappa shape index (κ1) is 18.2. The minimum atomic E-state index is -4.21. The largest absolute Gasteiger partial charge is 0.472 e. The summed E-state index contributed by atoms with van der Waals surface area (Å²) in [5.41, 5.74) is 5.12. The molecule has 0 aromatic carbocycles. The maximum atomic E-state index is 11.3. The summed E-state index contributed by atoms with van der Waals surface area (Å²) < 4.78 is 25.4. The predicted molar refractivity (Wildman–Crippen MR) is 66.3 cm³/mol. The number of ketones is 1. The molecule has 0 aliphatic rings. The van der Waals surface area contributed by atoms with Crippen LogP contribution in [0.3, 0.4) is 0 Å². The number of ether oxygens (including phenoxy) is 1. The van der Waals surface area contributed by atoms with E-state index in [2.05, 4.69) is 9.05 Å². The van der Waals surface area contributed by atoms with Crippen molar-refractivity contribution in [3.05, 3.63) is 0 Å². The molecule has 0 bridgehead atoms. The molecule has 0 rings (SSSR count). The number of Topliss-reactive ketones (excluding diaryl/α,β-unsaturated/α-hetero) is 1. The summed E-state index contributed by atoms with van der Waals surface area (Å²) in [6.45, 7) is 2.22. The Morgan fingerprint density at radius 2 is 1.95 bits per heavy atom. The Kier molecular flexibility index (Phi) is 8.79. The van der Waals surface area contributed by atoms with Gasteiger partial charge in [0.25, 0.3) is 0 Å². The van der Waals surface area contributed by atoms with Gasteiger partial charge in [0.2, 0.25) is 0 Å². The van der Waals surface area contributed by atoms with Gasteiger partial charge in [0.05, 0.1) is 13.2 Å². The van der Waals surface area contributed by atoms with E-state index in [1.807, 2.05) is 0 Å².